The number of hydrogen-bond donors (Lipinski definition) is 2. The number of nitrogens with one attached hydrogen (secondary N) is 2. The molecule has 1 amide bonds. The number of nitrogens with zero attached hydrogens (tertiary/aromatic N) is 4. The Labute approximate surface area is 187 Å². The van der Waals surface area contributed by atoms with Crippen LogP contribution < -0.4 is 10.6 Å². The van der Waals surface area contributed by atoms with Crippen LogP contribution in [-0.4, -0.2) is 92.5 Å². The van der Waals surface area contributed by atoms with Gasteiger partial charge in [-0.25, -0.2) is 0 Å². The standard InChI is InChI=1S/C24H40N6O/c1-25-24(26-14-9-17-29-15-8-13-22(29)23(31)28(2)3)27-18-21-12-7-16-30(21)19-20-10-5-4-6-11-20/h4-6,10-11,21-22H,7-9,12-19H2,1-3H3,(H2,25,26,27). The van der Waals surface area contributed by atoms with Crippen molar-refractivity contribution in [1.82, 2.24) is 25.3 Å². The van der Waals surface area contributed by atoms with Gasteiger partial charge >= 0.3 is 0 Å². The molecule has 7 nitrogen and oxygen atoms in total. The fourth-order valence-corrected chi connectivity index (χ4v) is 4.75. The van der Waals surface area contributed by atoms with E-state index in [4.69, 9.17) is 0 Å². The molecule has 0 aromatic heterocycles. The highest BCUT2D eigenvalue weighted by atomic mass is 16.2. The van der Waals surface area contributed by atoms with E-state index in [1.165, 1.54) is 18.4 Å². The van der Waals surface area contributed by atoms with Crippen molar-refractivity contribution in [2.75, 3.05) is 53.9 Å². The number of likely N-dealkylation sites (tertiary alicyclic amines) is 2. The monoisotopic (exact) mass is 428 g/mol. The second-order valence-corrected chi connectivity index (χ2v) is 8.91. The second-order valence-electron chi connectivity index (χ2n) is 8.91. The lowest BCUT2D eigenvalue weighted by molar-refractivity contribution is -0.133. The molecule has 2 fully saturated rings. The lowest BCUT2D eigenvalue weighted by Crippen LogP contribution is -2.46. The zero-order valence-corrected chi connectivity index (χ0v) is 19.5. The first-order chi connectivity index (χ1) is 15.1. The van der Waals surface area contributed by atoms with Crippen molar-refractivity contribution >= 4 is 11.9 Å². The van der Waals surface area contributed by atoms with E-state index in [0.29, 0.717) is 6.04 Å². The zero-order chi connectivity index (χ0) is 22.1. The highest BCUT2D eigenvalue weighted by Crippen LogP contribution is 2.20. The Morgan fingerprint density at radius 1 is 1.10 bits per heavy atom. The van der Waals surface area contributed by atoms with Gasteiger partial charge in [-0.2, -0.15) is 0 Å². The van der Waals surface area contributed by atoms with Gasteiger partial charge in [0.25, 0.3) is 0 Å². The SMILES string of the molecule is CN=C(NCCCN1CCCC1C(=O)N(C)C)NCC1CCCN1Cc1ccccc1. The summed E-state index contributed by atoms with van der Waals surface area (Å²) in [5, 5.41) is 6.97. The molecule has 2 N–H and O–H groups in total. The Kier molecular flexibility index (Phi) is 9.15. The molecule has 2 aliphatic rings. The zero-order valence-electron chi connectivity index (χ0n) is 19.5. The summed E-state index contributed by atoms with van der Waals surface area (Å²) in [5.74, 6) is 1.11. The molecule has 2 atom stereocenters. The van der Waals surface area contributed by atoms with E-state index in [9.17, 15) is 4.79 Å². The van der Waals surface area contributed by atoms with Crippen molar-refractivity contribution in [1.29, 1.82) is 0 Å². The molecule has 1 aromatic rings. The molecule has 0 bridgehead atoms. The molecular formula is C24H40N6O. The number of carbonyl (C=O) groups excluding carboxylic acids is 1. The van der Waals surface area contributed by atoms with Gasteiger partial charge in [0.1, 0.15) is 0 Å². The van der Waals surface area contributed by atoms with Gasteiger partial charge in [-0.05, 0) is 50.8 Å². The minimum Gasteiger partial charge on any atom is -0.356 e. The topological polar surface area (TPSA) is 63.2 Å². The van der Waals surface area contributed by atoms with Crippen LogP contribution in [0.4, 0.5) is 0 Å². The molecule has 2 unspecified atom stereocenters. The van der Waals surface area contributed by atoms with Crippen molar-refractivity contribution in [2.45, 2.75) is 50.7 Å². The van der Waals surface area contributed by atoms with Crippen LogP contribution in [0, 0.1) is 0 Å². The maximum Gasteiger partial charge on any atom is 0.239 e. The van der Waals surface area contributed by atoms with Gasteiger partial charge in [0.15, 0.2) is 5.96 Å². The Hall–Kier alpha value is -2.12. The Balaban J connectivity index is 1.36. The summed E-state index contributed by atoms with van der Waals surface area (Å²) in [6.07, 6.45) is 5.58. The lowest BCUT2D eigenvalue weighted by atomic mass is 10.2. The minimum atomic E-state index is 0.0606. The lowest BCUT2D eigenvalue weighted by Gasteiger charge is -2.26. The maximum absolute atomic E-state index is 12.3. The summed E-state index contributed by atoms with van der Waals surface area (Å²) >= 11 is 0. The number of rotatable bonds is 9. The van der Waals surface area contributed by atoms with Crippen LogP contribution in [-0.2, 0) is 11.3 Å². The molecule has 172 valence electrons. The molecule has 2 aliphatic heterocycles. The van der Waals surface area contributed by atoms with E-state index in [1.807, 2.05) is 21.1 Å². The molecule has 0 spiro atoms. The largest absolute Gasteiger partial charge is 0.356 e. The molecule has 1 aromatic carbocycles. The second kappa shape index (κ2) is 12.1. The molecule has 0 radical (unpaired) electrons. The fraction of sp³-hybridized carbons (Fsp3) is 0.667. The number of likely N-dealkylation sites (N-methyl/N-ethyl adjacent to an activating group) is 1. The van der Waals surface area contributed by atoms with Crippen LogP contribution in [0.2, 0.25) is 0 Å². The van der Waals surface area contributed by atoms with Crippen molar-refractivity contribution in [2.24, 2.45) is 4.99 Å². The van der Waals surface area contributed by atoms with E-state index in [0.717, 1.165) is 64.5 Å². The third-order valence-electron chi connectivity index (χ3n) is 6.46. The predicted octanol–water partition coefficient (Wildman–Crippen LogP) is 1.76. The van der Waals surface area contributed by atoms with Gasteiger partial charge in [-0.3, -0.25) is 19.6 Å². The molecule has 31 heavy (non-hydrogen) atoms. The number of amides is 1. The summed E-state index contributed by atoms with van der Waals surface area (Å²) in [7, 11) is 5.53. The molecule has 3 rings (SSSR count). The first-order valence-corrected chi connectivity index (χ1v) is 11.8. The first-order valence-electron chi connectivity index (χ1n) is 11.8. The summed E-state index contributed by atoms with van der Waals surface area (Å²) in [5.41, 5.74) is 1.38. The van der Waals surface area contributed by atoms with Gasteiger partial charge in [0.2, 0.25) is 5.91 Å². The molecular weight excluding hydrogens is 388 g/mol. The summed E-state index contributed by atoms with van der Waals surface area (Å²) in [6, 6.07) is 11.3. The van der Waals surface area contributed by atoms with Crippen molar-refractivity contribution in [3.63, 3.8) is 0 Å². The molecule has 0 aliphatic carbocycles. The van der Waals surface area contributed by atoms with E-state index in [1.54, 1.807) is 4.90 Å². The number of carbonyl (C=O) groups is 1. The predicted molar refractivity (Wildman–Crippen MR) is 127 cm³/mol. The van der Waals surface area contributed by atoms with Gasteiger partial charge < -0.3 is 15.5 Å². The van der Waals surface area contributed by atoms with Crippen LogP contribution >= 0.6 is 0 Å². The van der Waals surface area contributed by atoms with E-state index >= 15 is 0 Å². The van der Waals surface area contributed by atoms with Crippen LogP contribution in [0.25, 0.3) is 0 Å². The van der Waals surface area contributed by atoms with Gasteiger partial charge in [0, 0.05) is 53.4 Å². The summed E-state index contributed by atoms with van der Waals surface area (Å²) in [4.78, 5) is 23.4. The van der Waals surface area contributed by atoms with E-state index in [-0.39, 0.29) is 11.9 Å². The van der Waals surface area contributed by atoms with Crippen LogP contribution in [0.1, 0.15) is 37.7 Å². The highest BCUT2D eigenvalue weighted by Gasteiger charge is 2.31. The summed E-state index contributed by atoms with van der Waals surface area (Å²) in [6.45, 7) is 5.92. The molecule has 0 saturated carbocycles. The number of hydrogen-bond acceptors (Lipinski definition) is 4. The van der Waals surface area contributed by atoms with Crippen LogP contribution in [0.15, 0.2) is 35.3 Å². The Bertz CT molecular complexity index is 707. The van der Waals surface area contributed by atoms with E-state index in [2.05, 4.69) is 55.8 Å². The van der Waals surface area contributed by atoms with Gasteiger partial charge in [0.05, 0.1) is 6.04 Å². The maximum atomic E-state index is 12.3. The Morgan fingerprint density at radius 3 is 2.58 bits per heavy atom. The average molecular weight is 429 g/mol. The third kappa shape index (κ3) is 6.94. The summed E-state index contributed by atoms with van der Waals surface area (Å²) < 4.78 is 0. The van der Waals surface area contributed by atoms with Crippen LogP contribution in [0.5, 0.6) is 0 Å². The first kappa shape index (κ1) is 23.5. The van der Waals surface area contributed by atoms with Crippen molar-refractivity contribution in [3.05, 3.63) is 35.9 Å². The normalized spacial score (nSPS) is 22.6. The van der Waals surface area contributed by atoms with Crippen molar-refractivity contribution < 1.29 is 4.79 Å². The van der Waals surface area contributed by atoms with Crippen LogP contribution in [0.3, 0.4) is 0 Å². The number of guanidine groups is 1. The smallest absolute Gasteiger partial charge is 0.239 e. The molecule has 2 heterocycles. The third-order valence-corrected chi connectivity index (χ3v) is 6.46. The fourth-order valence-electron chi connectivity index (χ4n) is 4.75. The average Bonchev–Trinajstić information content (AvgIpc) is 3.42. The number of aliphatic imine (C=N–C) groups is 1. The molecule has 2 saturated heterocycles. The highest BCUT2D eigenvalue weighted by molar-refractivity contribution is 5.81. The quantitative estimate of drug-likeness (QED) is 0.357. The minimum absolute atomic E-state index is 0.0606. The van der Waals surface area contributed by atoms with Gasteiger partial charge in [-0.15, -0.1) is 0 Å². The number of benzene rings is 1. The van der Waals surface area contributed by atoms with Crippen molar-refractivity contribution in [3.8, 4) is 0 Å². The Morgan fingerprint density at radius 2 is 1.84 bits per heavy atom. The molecule has 7 heteroatoms. The van der Waals surface area contributed by atoms with E-state index < -0.39 is 0 Å². The van der Waals surface area contributed by atoms with Gasteiger partial charge in [-0.1, -0.05) is 30.3 Å².